The van der Waals surface area contributed by atoms with Gasteiger partial charge in [0.2, 0.25) is 5.91 Å². The zero-order valence-electron chi connectivity index (χ0n) is 16.2. The van der Waals surface area contributed by atoms with Crippen molar-refractivity contribution in [2.45, 2.75) is 32.6 Å². The Labute approximate surface area is 159 Å². The van der Waals surface area contributed by atoms with Gasteiger partial charge in [0.15, 0.2) is 0 Å². The maximum absolute atomic E-state index is 12.0. The molecule has 2 aromatic rings. The van der Waals surface area contributed by atoms with Gasteiger partial charge in [0, 0.05) is 19.5 Å². The number of nitrogens with two attached hydrogens (primary N) is 1. The summed E-state index contributed by atoms with van der Waals surface area (Å²) < 4.78 is 0. The van der Waals surface area contributed by atoms with Gasteiger partial charge in [0.25, 0.3) is 5.91 Å². The van der Waals surface area contributed by atoms with Crippen LogP contribution in [0.4, 0.5) is 5.82 Å². The number of unbranched alkanes of at least 4 members (excludes halogenated alkanes) is 2. The lowest BCUT2D eigenvalue weighted by Crippen LogP contribution is -2.33. The van der Waals surface area contributed by atoms with Crippen LogP contribution in [0, 0.1) is 0 Å². The van der Waals surface area contributed by atoms with E-state index < -0.39 is 0 Å². The maximum atomic E-state index is 12.0. The van der Waals surface area contributed by atoms with Crippen molar-refractivity contribution in [2.75, 3.05) is 26.0 Å². The number of amides is 2. The number of aliphatic hydroxyl groups excluding tert-OH is 1. The summed E-state index contributed by atoms with van der Waals surface area (Å²) >= 11 is 0. The fourth-order valence-electron chi connectivity index (χ4n) is 2.10. The Hall–Kier alpha value is -2.78. The molecule has 9 nitrogen and oxygen atoms in total. The van der Waals surface area contributed by atoms with Crippen LogP contribution in [-0.2, 0) is 11.2 Å². The molecule has 0 aliphatic carbocycles. The molecule has 0 bridgehead atoms. The van der Waals surface area contributed by atoms with Crippen molar-refractivity contribution in [2.24, 2.45) is 5.73 Å². The molecule has 150 valence electrons. The van der Waals surface area contributed by atoms with E-state index in [4.69, 9.17) is 5.11 Å². The van der Waals surface area contributed by atoms with Gasteiger partial charge in [-0.3, -0.25) is 9.59 Å². The number of aliphatic hydroxyl groups is 1. The molecule has 2 aromatic heterocycles. The lowest BCUT2D eigenvalue weighted by atomic mass is 10.1. The largest absolute Gasteiger partial charge is 0.400 e. The normalized spacial score (nSPS) is 9.22. The number of hydrogen-bond donors (Lipinski definition) is 5. The van der Waals surface area contributed by atoms with Crippen LogP contribution in [0.15, 0.2) is 30.9 Å². The molecule has 0 aliphatic rings. The molecule has 0 aromatic carbocycles. The average Bonchev–Trinajstić information content (AvgIpc) is 3.19. The highest BCUT2D eigenvalue weighted by Crippen LogP contribution is 2.08. The number of rotatable bonds is 8. The lowest BCUT2D eigenvalue weighted by Gasteiger charge is -2.05. The summed E-state index contributed by atoms with van der Waals surface area (Å²) in [5.41, 5.74) is 6.07. The lowest BCUT2D eigenvalue weighted by molar-refractivity contribution is -0.115. The molecule has 2 amide bonds. The Morgan fingerprint density at radius 3 is 2.63 bits per heavy atom. The third-order valence-electron chi connectivity index (χ3n) is 3.32. The Kier molecular flexibility index (Phi) is 13.9. The molecule has 27 heavy (non-hydrogen) atoms. The van der Waals surface area contributed by atoms with Crippen molar-refractivity contribution < 1.29 is 14.7 Å². The van der Waals surface area contributed by atoms with E-state index in [-0.39, 0.29) is 18.4 Å². The van der Waals surface area contributed by atoms with Crippen molar-refractivity contribution in [1.29, 1.82) is 0 Å². The molecule has 2 heterocycles. The number of carbonyl (C=O) groups excluding carboxylic acids is 2. The van der Waals surface area contributed by atoms with Crippen molar-refractivity contribution >= 4 is 17.6 Å². The predicted molar refractivity (Wildman–Crippen MR) is 105 cm³/mol. The maximum Gasteiger partial charge on any atom is 0.268 e. The summed E-state index contributed by atoms with van der Waals surface area (Å²) in [5.74, 6) is -0.242. The molecule has 6 N–H and O–H groups in total. The van der Waals surface area contributed by atoms with E-state index in [0.717, 1.165) is 25.5 Å². The zero-order valence-corrected chi connectivity index (χ0v) is 16.2. The molecule has 0 fully saturated rings. The van der Waals surface area contributed by atoms with Crippen molar-refractivity contribution in [3.63, 3.8) is 0 Å². The molecule has 0 saturated heterocycles. The number of nitrogens with one attached hydrogen (secondary N) is 3. The minimum Gasteiger partial charge on any atom is -0.400 e. The predicted octanol–water partition coefficient (Wildman–Crippen LogP) is 1.09. The Balaban J connectivity index is 0.00000158. The first kappa shape index (κ1) is 24.2. The van der Waals surface area contributed by atoms with Crippen molar-refractivity contribution in [3.05, 3.63) is 42.1 Å². The molecule has 0 radical (unpaired) electrons. The number of anilines is 1. The van der Waals surface area contributed by atoms with Crippen LogP contribution < -0.4 is 16.4 Å². The number of H-pyrrole nitrogens is 1. The van der Waals surface area contributed by atoms with Gasteiger partial charge in [-0.15, -0.1) is 0 Å². The standard InChI is InChI=1S/C16H21N5O2.CH5N.CH4O/c1-2-3-4-5-12-8-13(18-9-12)16(23)19-10-15(22)21-14-6-7-17-11-20-14;2*1-2/h6-9,11,18H,2-5,10H2,1H3,(H,19,23)(H,17,20,21,22);2H2,1H3;2H,1H3. The third-order valence-corrected chi connectivity index (χ3v) is 3.32. The number of hydrogen-bond acceptors (Lipinski definition) is 6. The number of aromatic amines is 1. The zero-order chi connectivity index (χ0) is 20.5. The average molecular weight is 378 g/mol. The summed E-state index contributed by atoms with van der Waals surface area (Å²) in [4.78, 5) is 34.3. The van der Waals surface area contributed by atoms with Gasteiger partial charge in [-0.2, -0.15) is 0 Å². The van der Waals surface area contributed by atoms with Crippen molar-refractivity contribution in [1.82, 2.24) is 20.3 Å². The van der Waals surface area contributed by atoms with Gasteiger partial charge < -0.3 is 26.5 Å². The van der Waals surface area contributed by atoms with Gasteiger partial charge in [-0.05, 0) is 37.6 Å². The second-order valence-corrected chi connectivity index (χ2v) is 5.20. The SMILES string of the molecule is CCCCCc1c[nH]c(C(=O)NCC(=O)Nc2ccncn2)c1.CN.CO. The third kappa shape index (κ3) is 10.1. The Bertz CT molecular complexity index is 646. The van der Waals surface area contributed by atoms with E-state index in [9.17, 15) is 9.59 Å². The first-order valence-electron chi connectivity index (χ1n) is 8.73. The van der Waals surface area contributed by atoms with Crippen LogP contribution in [0.2, 0.25) is 0 Å². The second-order valence-electron chi connectivity index (χ2n) is 5.20. The number of aryl methyl sites for hydroxylation is 1. The van der Waals surface area contributed by atoms with E-state index >= 15 is 0 Å². The van der Waals surface area contributed by atoms with E-state index in [0.29, 0.717) is 11.5 Å². The van der Waals surface area contributed by atoms with Gasteiger partial charge in [-0.25, -0.2) is 9.97 Å². The van der Waals surface area contributed by atoms with Crippen molar-refractivity contribution in [3.8, 4) is 0 Å². The summed E-state index contributed by atoms with van der Waals surface area (Å²) in [6.07, 6.45) is 9.11. The monoisotopic (exact) mass is 378 g/mol. The minimum absolute atomic E-state index is 0.118. The van der Waals surface area contributed by atoms with E-state index in [1.807, 2.05) is 12.3 Å². The second kappa shape index (κ2) is 15.5. The Morgan fingerprint density at radius 1 is 1.26 bits per heavy atom. The molecule has 0 atom stereocenters. The summed E-state index contributed by atoms with van der Waals surface area (Å²) in [7, 11) is 2.50. The molecular weight excluding hydrogens is 348 g/mol. The molecule has 2 rings (SSSR count). The van der Waals surface area contributed by atoms with Gasteiger partial charge in [0.05, 0.1) is 6.54 Å². The van der Waals surface area contributed by atoms with Crippen LogP contribution in [0.5, 0.6) is 0 Å². The first-order valence-corrected chi connectivity index (χ1v) is 8.73. The highest BCUT2D eigenvalue weighted by molar-refractivity contribution is 5.98. The number of carbonyl (C=O) groups is 2. The number of aromatic nitrogens is 3. The quantitative estimate of drug-likeness (QED) is 0.435. The van der Waals surface area contributed by atoms with E-state index in [2.05, 4.69) is 38.2 Å². The fraction of sp³-hybridized carbons (Fsp3) is 0.444. The van der Waals surface area contributed by atoms with Crippen LogP contribution in [0.3, 0.4) is 0 Å². The molecule has 0 unspecified atom stereocenters. The van der Waals surface area contributed by atoms with Crippen LogP contribution in [-0.4, -0.2) is 52.6 Å². The van der Waals surface area contributed by atoms with Gasteiger partial charge in [-0.1, -0.05) is 19.8 Å². The Morgan fingerprint density at radius 2 is 2.00 bits per heavy atom. The van der Waals surface area contributed by atoms with Crippen LogP contribution in [0.1, 0.15) is 42.2 Å². The topological polar surface area (TPSA) is 146 Å². The molecular formula is C18H30N6O3. The van der Waals surface area contributed by atoms with Gasteiger partial charge >= 0.3 is 0 Å². The van der Waals surface area contributed by atoms with Gasteiger partial charge in [0.1, 0.15) is 17.8 Å². The molecule has 9 heteroatoms. The smallest absolute Gasteiger partial charge is 0.268 e. The summed E-state index contributed by atoms with van der Waals surface area (Å²) in [5, 5.41) is 12.1. The highest BCUT2D eigenvalue weighted by atomic mass is 16.2. The minimum atomic E-state index is -0.341. The van der Waals surface area contributed by atoms with E-state index in [1.165, 1.54) is 32.4 Å². The highest BCUT2D eigenvalue weighted by Gasteiger charge is 2.10. The molecule has 0 spiro atoms. The van der Waals surface area contributed by atoms with E-state index in [1.54, 1.807) is 6.07 Å². The summed E-state index contributed by atoms with van der Waals surface area (Å²) in [6.45, 7) is 2.04. The van der Waals surface area contributed by atoms with Crippen LogP contribution in [0.25, 0.3) is 0 Å². The van der Waals surface area contributed by atoms with Crippen LogP contribution >= 0.6 is 0 Å². The number of nitrogens with zero attached hydrogens (tertiary/aromatic N) is 2. The first-order chi connectivity index (χ1) is 13.2. The molecule has 0 aliphatic heterocycles. The fourth-order valence-corrected chi connectivity index (χ4v) is 2.10. The molecule has 0 saturated carbocycles. The summed E-state index contributed by atoms with van der Waals surface area (Å²) in [6, 6.07) is 3.40.